The van der Waals surface area contributed by atoms with Gasteiger partial charge in [0.25, 0.3) is 0 Å². The van der Waals surface area contributed by atoms with Crippen LogP contribution in [0.4, 0.5) is 14.7 Å². The number of ether oxygens (including phenoxy) is 1. The Morgan fingerprint density at radius 2 is 1.80 bits per heavy atom. The molecular formula is C27H28F2N4O2. The third kappa shape index (κ3) is 5.26. The van der Waals surface area contributed by atoms with E-state index in [-0.39, 0.29) is 17.5 Å². The second-order valence-electron chi connectivity index (χ2n) is 9.33. The monoisotopic (exact) mass is 478 g/mol. The fourth-order valence-electron chi connectivity index (χ4n) is 4.55. The molecule has 5 rings (SSSR count). The molecule has 1 saturated heterocycles. The number of amides is 1. The highest BCUT2D eigenvalue weighted by Crippen LogP contribution is 2.33. The minimum Gasteiger partial charge on any atom is -0.438 e. The van der Waals surface area contributed by atoms with E-state index in [1.54, 1.807) is 4.90 Å². The number of hydrogen-bond donors (Lipinski definition) is 0. The summed E-state index contributed by atoms with van der Waals surface area (Å²) >= 11 is 0. The molecule has 3 heterocycles. The van der Waals surface area contributed by atoms with Crippen LogP contribution in [0.3, 0.4) is 0 Å². The van der Waals surface area contributed by atoms with Gasteiger partial charge in [-0.3, -0.25) is 4.79 Å². The molecule has 2 aromatic carbocycles. The highest BCUT2D eigenvalue weighted by molar-refractivity contribution is 5.79. The molecule has 8 heteroatoms. The van der Waals surface area contributed by atoms with Crippen LogP contribution in [0.15, 0.2) is 48.5 Å². The van der Waals surface area contributed by atoms with Crippen molar-refractivity contribution in [2.75, 3.05) is 24.5 Å². The van der Waals surface area contributed by atoms with Gasteiger partial charge in [-0.2, -0.15) is 4.98 Å². The predicted octanol–water partition coefficient (Wildman–Crippen LogP) is 4.91. The van der Waals surface area contributed by atoms with E-state index in [1.165, 1.54) is 6.07 Å². The maximum absolute atomic E-state index is 13.9. The van der Waals surface area contributed by atoms with E-state index in [2.05, 4.69) is 11.8 Å². The number of benzene rings is 2. The molecule has 0 bridgehead atoms. The molecule has 2 aliphatic heterocycles. The first-order valence-electron chi connectivity index (χ1n) is 12.1. The van der Waals surface area contributed by atoms with Crippen molar-refractivity contribution < 1.29 is 18.3 Å². The summed E-state index contributed by atoms with van der Waals surface area (Å²) in [5.74, 6) is -0.251. The van der Waals surface area contributed by atoms with Crippen LogP contribution in [-0.2, 0) is 24.2 Å². The van der Waals surface area contributed by atoms with Gasteiger partial charge in [0.1, 0.15) is 5.75 Å². The highest BCUT2D eigenvalue weighted by Gasteiger charge is 2.28. The summed E-state index contributed by atoms with van der Waals surface area (Å²) in [7, 11) is 0. The van der Waals surface area contributed by atoms with E-state index in [9.17, 15) is 13.6 Å². The number of rotatable bonds is 5. The summed E-state index contributed by atoms with van der Waals surface area (Å²) < 4.78 is 33.3. The van der Waals surface area contributed by atoms with Crippen LogP contribution < -0.4 is 9.64 Å². The van der Waals surface area contributed by atoms with Gasteiger partial charge >= 0.3 is 0 Å². The Morgan fingerprint density at radius 1 is 1.03 bits per heavy atom. The van der Waals surface area contributed by atoms with Gasteiger partial charge < -0.3 is 14.5 Å². The SMILES string of the molecule is CC1CCN(c2nc3c(c(Oc4ccc(F)c(F)c4)n2)CN(C(=O)Cc2ccccc2)CC3)CC1. The normalized spacial score (nSPS) is 16.2. The lowest BCUT2D eigenvalue weighted by molar-refractivity contribution is -0.131. The van der Waals surface area contributed by atoms with Crippen LogP contribution in [0.1, 0.15) is 36.6 Å². The van der Waals surface area contributed by atoms with Crippen molar-refractivity contribution in [1.82, 2.24) is 14.9 Å². The lowest BCUT2D eigenvalue weighted by Gasteiger charge is -2.33. The van der Waals surface area contributed by atoms with E-state index in [1.807, 2.05) is 30.3 Å². The van der Waals surface area contributed by atoms with Crippen LogP contribution in [0.5, 0.6) is 11.6 Å². The fourth-order valence-corrected chi connectivity index (χ4v) is 4.55. The van der Waals surface area contributed by atoms with Crippen LogP contribution >= 0.6 is 0 Å². The van der Waals surface area contributed by atoms with Crippen molar-refractivity contribution in [1.29, 1.82) is 0 Å². The van der Waals surface area contributed by atoms with Crippen molar-refractivity contribution >= 4 is 11.9 Å². The molecule has 1 fully saturated rings. The molecule has 0 radical (unpaired) electrons. The first kappa shape index (κ1) is 23.2. The van der Waals surface area contributed by atoms with Gasteiger partial charge in [-0.25, -0.2) is 13.8 Å². The zero-order chi connectivity index (χ0) is 24.4. The number of halogens is 2. The molecule has 0 spiro atoms. The van der Waals surface area contributed by atoms with Crippen molar-refractivity contribution in [3.63, 3.8) is 0 Å². The molecular weight excluding hydrogens is 450 g/mol. The molecule has 0 N–H and O–H groups in total. The second kappa shape index (κ2) is 9.98. The van der Waals surface area contributed by atoms with Gasteiger partial charge in [-0.1, -0.05) is 37.3 Å². The number of fused-ring (bicyclic) bond motifs is 1. The lowest BCUT2D eigenvalue weighted by atomic mass is 9.99. The Labute approximate surface area is 203 Å². The largest absolute Gasteiger partial charge is 0.438 e. The lowest BCUT2D eigenvalue weighted by Crippen LogP contribution is -2.39. The van der Waals surface area contributed by atoms with Crippen molar-refractivity contribution in [2.45, 2.75) is 39.2 Å². The summed E-state index contributed by atoms with van der Waals surface area (Å²) in [5.41, 5.74) is 2.49. The van der Waals surface area contributed by atoms with Gasteiger partial charge in [0, 0.05) is 32.1 Å². The summed E-state index contributed by atoms with van der Waals surface area (Å²) in [6.45, 7) is 4.80. The van der Waals surface area contributed by atoms with Gasteiger partial charge in [0.05, 0.1) is 24.2 Å². The van der Waals surface area contributed by atoms with Crippen LogP contribution in [0, 0.1) is 17.6 Å². The summed E-state index contributed by atoms with van der Waals surface area (Å²) in [6, 6.07) is 13.0. The number of carbonyl (C=O) groups is 1. The van der Waals surface area contributed by atoms with Crippen molar-refractivity contribution in [3.05, 3.63) is 77.0 Å². The average molecular weight is 479 g/mol. The van der Waals surface area contributed by atoms with Crippen LogP contribution in [-0.4, -0.2) is 40.4 Å². The molecule has 6 nitrogen and oxygen atoms in total. The molecule has 3 aromatic rings. The van der Waals surface area contributed by atoms with Crippen LogP contribution in [0.2, 0.25) is 0 Å². The summed E-state index contributed by atoms with van der Waals surface area (Å²) in [6.07, 6.45) is 2.99. The van der Waals surface area contributed by atoms with Crippen molar-refractivity contribution in [2.24, 2.45) is 5.92 Å². The molecule has 0 saturated carbocycles. The first-order chi connectivity index (χ1) is 17.0. The molecule has 0 unspecified atom stereocenters. The minimum atomic E-state index is -0.990. The Morgan fingerprint density at radius 3 is 2.54 bits per heavy atom. The number of hydrogen-bond acceptors (Lipinski definition) is 5. The third-order valence-corrected chi connectivity index (χ3v) is 6.73. The predicted molar refractivity (Wildman–Crippen MR) is 128 cm³/mol. The summed E-state index contributed by atoms with van der Waals surface area (Å²) in [5, 5.41) is 0. The van der Waals surface area contributed by atoms with E-state index in [0.717, 1.165) is 49.3 Å². The molecule has 182 valence electrons. The Hall–Kier alpha value is -3.55. The quantitative estimate of drug-likeness (QED) is 0.522. The van der Waals surface area contributed by atoms with Gasteiger partial charge in [-0.05, 0) is 36.5 Å². The molecule has 0 aliphatic carbocycles. The number of nitrogens with zero attached hydrogens (tertiary/aromatic N) is 4. The standard InChI is InChI=1S/C27H28F2N4O2/c1-18-9-12-32(13-10-18)27-30-24-11-14-33(25(34)15-19-5-3-2-4-6-19)17-21(24)26(31-27)35-20-7-8-22(28)23(29)16-20/h2-8,16,18H,9-15,17H2,1H3. The highest BCUT2D eigenvalue weighted by atomic mass is 19.2. The zero-order valence-corrected chi connectivity index (χ0v) is 19.7. The summed E-state index contributed by atoms with van der Waals surface area (Å²) in [4.78, 5) is 26.5. The molecule has 2 aliphatic rings. The molecule has 35 heavy (non-hydrogen) atoms. The van der Waals surface area contributed by atoms with Gasteiger partial charge in [0.2, 0.25) is 17.7 Å². The topological polar surface area (TPSA) is 58.6 Å². The van der Waals surface area contributed by atoms with Crippen LogP contribution in [0.25, 0.3) is 0 Å². The van der Waals surface area contributed by atoms with Gasteiger partial charge in [-0.15, -0.1) is 0 Å². The van der Waals surface area contributed by atoms with E-state index in [0.29, 0.717) is 43.4 Å². The average Bonchev–Trinajstić information content (AvgIpc) is 2.87. The van der Waals surface area contributed by atoms with E-state index >= 15 is 0 Å². The first-order valence-corrected chi connectivity index (χ1v) is 12.1. The molecule has 0 atom stereocenters. The number of anilines is 1. The number of carbonyl (C=O) groups excluding carboxylic acids is 1. The molecule has 1 amide bonds. The van der Waals surface area contributed by atoms with E-state index < -0.39 is 11.6 Å². The molecule has 1 aromatic heterocycles. The maximum atomic E-state index is 13.9. The number of piperidine rings is 1. The van der Waals surface area contributed by atoms with E-state index in [4.69, 9.17) is 14.7 Å². The number of aromatic nitrogens is 2. The fraction of sp³-hybridized carbons (Fsp3) is 0.370. The Bertz CT molecular complexity index is 1210. The minimum absolute atomic E-state index is 0.00900. The maximum Gasteiger partial charge on any atom is 0.229 e. The van der Waals surface area contributed by atoms with Gasteiger partial charge in [0.15, 0.2) is 11.6 Å². The second-order valence-corrected chi connectivity index (χ2v) is 9.33. The third-order valence-electron chi connectivity index (χ3n) is 6.73. The Kier molecular flexibility index (Phi) is 6.61. The van der Waals surface area contributed by atoms with Crippen molar-refractivity contribution in [3.8, 4) is 11.6 Å². The zero-order valence-electron chi connectivity index (χ0n) is 19.7. The smallest absolute Gasteiger partial charge is 0.229 e. The Balaban J connectivity index is 1.44.